The standard InChI is InChI=1S/C16H25FN2/c1-16(2)6-3-8-19(9-7-16)12-14-5-4-13(11-18)10-15(14)17/h4-5,10H,3,6-9,11-12,18H2,1-2H3. The predicted molar refractivity (Wildman–Crippen MR) is 77.2 cm³/mol. The van der Waals surface area contributed by atoms with E-state index in [4.69, 9.17) is 5.73 Å². The van der Waals surface area contributed by atoms with Crippen LogP contribution < -0.4 is 5.73 Å². The Morgan fingerprint density at radius 2 is 2.05 bits per heavy atom. The first-order chi connectivity index (χ1) is 9.00. The molecule has 2 rings (SSSR count). The normalized spacial score (nSPS) is 20.2. The van der Waals surface area contributed by atoms with Crippen LogP contribution in [-0.2, 0) is 13.1 Å². The molecule has 19 heavy (non-hydrogen) atoms. The lowest BCUT2D eigenvalue weighted by atomic mass is 9.85. The Balaban J connectivity index is 2.01. The number of nitrogens with zero attached hydrogens (tertiary/aromatic N) is 1. The van der Waals surface area contributed by atoms with Crippen LogP contribution in [0.2, 0.25) is 0 Å². The van der Waals surface area contributed by atoms with Crippen molar-refractivity contribution in [2.75, 3.05) is 13.1 Å². The Kier molecular flexibility index (Phi) is 4.58. The van der Waals surface area contributed by atoms with Gasteiger partial charge in [0.15, 0.2) is 0 Å². The maximum Gasteiger partial charge on any atom is 0.128 e. The minimum Gasteiger partial charge on any atom is -0.326 e. The van der Waals surface area contributed by atoms with E-state index in [2.05, 4.69) is 18.7 Å². The van der Waals surface area contributed by atoms with Gasteiger partial charge in [-0.3, -0.25) is 4.90 Å². The summed E-state index contributed by atoms with van der Waals surface area (Å²) < 4.78 is 14.0. The molecule has 0 unspecified atom stereocenters. The number of nitrogens with two attached hydrogens (primary N) is 1. The van der Waals surface area contributed by atoms with Gasteiger partial charge in [0.25, 0.3) is 0 Å². The van der Waals surface area contributed by atoms with Crippen molar-refractivity contribution in [3.63, 3.8) is 0 Å². The lowest BCUT2D eigenvalue weighted by molar-refractivity contribution is 0.253. The summed E-state index contributed by atoms with van der Waals surface area (Å²) in [4.78, 5) is 2.37. The van der Waals surface area contributed by atoms with Crippen LogP contribution >= 0.6 is 0 Å². The van der Waals surface area contributed by atoms with Gasteiger partial charge >= 0.3 is 0 Å². The van der Waals surface area contributed by atoms with Crippen LogP contribution in [0.1, 0.15) is 44.2 Å². The molecule has 1 aliphatic rings. The Labute approximate surface area is 115 Å². The Bertz CT molecular complexity index is 429. The van der Waals surface area contributed by atoms with E-state index >= 15 is 0 Å². The van der Waals surface area contributed by atoms with Gasteiger partial charge in [-0.25, -0.2) is 4.39 Å². The van der Waals surface area contributed by atoms with Crippen LogP contribution in [0.15, 0.2) is 18.2 Å². The van der Waals surface area contributed by atoms with Gasteiger partial charge in [0.2, 0.25) is 0 Å². The van der Waals surface area contributed by atoms with Crippen molar-refractivity contribution in [1.82, 2.24) is 4.90 Å². The largest absolute Gasteiger partial charge is 0.326 e. The van der Waals surface area contributed by atoms with Crippen LogP contribution in [-0.4, -0.2) is 18.0 Å². The van der Waals surface area contributed by atoms with Gasteiger partial charge in [-0.2, -0.15) is 0 Å². The molecule has 0 saturated carbocycles. The second kappa shape index (κ2) is 6.02. The minimum absolute atomic E-state index is 0.119. The molecule has 1 saturated heterocycles. The fraction of sp³-hybridized carbons (Fsp3) is 0.625. The number of likely N-dealkylation sites (tertiary alicyclic amines) is 1. The van der Waals surface area contributed by atoms with E-state index in [-0.39, 0.29) is 5.82 Å². The topological polar surface area (TPSA) is 29.3 Å². The summed E-state index contributed by atoms with van der Waals surface area (Å²) in [5, 5.41) is 0. The van der Waals surface area contributed by atoms with E-state index in [0.29, 0.717) is 18.5 Å². The lowest BCUT2D eigenvalue weighted by Crippen LogP contribution is -2.25. The molecule has 0 radical (unpaired) electrons. The zero-order chi connectivity index (χ0) is 13.9. The molecule has 1 aromatic rings. The van der Waals surface area contributed by atoms with Gasteiger partial charge < -0.3 is 5.73 Å². The molecule has 1 aliphatic heterocycles. The van der Waals surface area contributed by atoms with Gasteiger partial charge in [0, 0.05) is 18.7 Å². The average molecular weight is 264 g/mol. The first-order valence-corrected chi connectivity index (χ1v) is 7.20. The molecule has 0 aromatic heterocycles. The van der Waals surface area contributed by atoms with E-state index in [9.17, 15) is 4.39 Å². The summed E-state index contributed by atoms with van der Waals surface area (Å²) in [7, 11) is 0. The summed E-state index contributed by atoms with van der Waals surface area (Å²) in [6, 6.07) is 5.38. The SMILES string of the molecule is CC1(C)CCCN(Cc2ccc(CN)cc2F)CC1. The summed E-state index contributed by atoms with van der Waals surface area (Å²) in [5.74, 6) is -0.119. The third-order valence-corrected chi connectivity index (χ3v) is 4.18. The maximum atomic E-state index is 14.0. The molecule has 1 fully saturated rings. The van der Waals surface area contributed by atoms with Gasteiger partial charge in [-0.1, -0.05) is 26.0 Å². The van der Waals surface area contributed by atoms with Gasteiger partial charge in [0.05, 0.1) is 0 Å². The highest BCUT2D eigenvalue weighted by Gasteiger charge is 2.23. The maximum absolute atomic E-state index is 14.0. The van der Waals surface area contributed by atoms with E-state index in [0.717, 1.165) is 24.2 Å². The van der Waals surface area contributed by atoms with Crippen molar-refractivity contribution in [3.8, 4) is 0 Å². The highest BCUT2D eigenvalue weighted by molar-refractivity contribution is 5.24. The lowest BCUT2D eigenvalue weighted by Gasteiger charge is -2.23. The quantitative estimate of drug-likeness (QED) is 0.907. The van der Waals surface area contributed by atoms with E-state index in [1.165, 1.54) is 19.3 Å². The van der Waals surface area contributed by atoms with Gasteiger partial charge in [-0.15, -0.1) is 0 Å². The molecule has 0 atom stereocenters. The van der Waals surface area contributed by atoms with Gasteiger partial charge in [-0.05, 0) is 49.4 Å². The highest BCUT2D eigenvalue weighted by Crippen LogP contribution is 2.30. The second-order valence-corrected chi connectivity index (χ2v) is 6.42. The highest BCUT2D eigenvalue weighted by atomic mass is 19.1. The summed E-state index contributed by atoms with van der Waals surface area (Å²) in [5.41, 5.74) is 7.60. The molecule has 106 valence electrons. The molecular weight excluding hydrogens is 239 g/mol. The van der Waals surface area contributed by atoms with Crippen LogP contribution in [0.5, 0.6) is 0 Å². The first kappa shape index (κ1) is 14.5. The van der Waals surface area contributed by atoms with Crippen molar-refractivity contribution < 1.29 is 4.39 Å². The summed E-state index contributed by atoms with van der Waals surface area (Å²) in [6.07, 6.45) is 3.66. The molecule has 2 N–H and O–H groups in total. The van der Waals surface area contributed by atoms with Crippen molar-refractivity contribution >= 4 is 0 Å². The van der Waals surface area contributed by atoms with Crippen LogP contribution in [0.4, 0.5) is 4.39 Å². The summed E-state index contributed by atoms with van der Waals surface area (Å²) in [6.45, 7) is 7.90. The fourth-order valence-electron chi connectivity index (χ4n) is 2.72. The Hall–Kier alpha value is -0.930. The second-order valence-electron chi connectivity index (χ2n) is 6.42. The number of rotatable bonds is 3. The molecule has 0 spiro atoms. The van der Waals surface area contributed by atoms with Crippen molar-refractivity contribution in [2.45, 2.75) is 46.2 Å². The number of halogens is 1. The third-order valence-electron chi connectivity index (χ3n) is 4.18. The summed E-state index contributed by atoms with van der Waals surface area (Å²) >= 11 is 0. The number of benzene rings is 1. The third kappa shape index (κ3) is 4.02. The van der Waals surface area contributed by atoms with Crippen LogP contribution in [0.25, 0.3) is 0 Å². The molecule has 3 heteroatoms. The minimum atomic E-state index is -0.119. The zero-order valence-corrected chi connectivity index (χ0v) is 12.1. The van der Waals surface area contributed by atoms with Crippen molar-refractivity contribution in [3.05, 3.63) is 35.1 Å². The van der Waals surface area contributed by atoms with Crippen LogP contribution in [0, 0.1) is 11.2 Å². The average Bonchev–Trinajstić information content (AvgIpc) is 2.53. The first-order valence-electron chi connectivity index (χ1n) is 7.20. The zero-order valence-electron chi connectivity index (χ0n) is 12.1. The van der Waals surface area contributed by atoms with E-state index < -0.39 is 0 Å². The van der Waals surface area contributed by atoms with Gasteiger partial charge in [0.1, 0.15) is 5.82 Å². The molecular formula is C16H25FN2. The molecule has 1 heterocycles. The Morgan fingerprint density at radius 1 is 1.26 bits per heavy atom. The smallest absolute Gasteiger partial charge is 0.128 e. The molecule has 0 bridgehead atoms. The van der Waals surface area contributed by atoms with E-state index in [1.807, 2.05) is 12.1 Å². The van der Waals surface area contributed by atoms with Crippen molar-refractivity contribution in [1.29, 1.82) is 0 Å². The molecule has 0 amide bonds. The Morgan fingerprint density at radius 3 is 2.74 bits per heavy atom. The number of hydrogen-bond donors (Lipinski definition) is 1. The number of hydrogen-bond acceptors (Lipinski definition) is 2. The molecule has 2 nitrogen and oxygen atoms in total. The van der Waals surface area contributed by atoms with Crippen LogP contribution in [0.3, 0.4) is 0 Å². The van der Waals surface area contributed by atoms with Crippen molar-refractivity contribution in [2.24, 2.45) is 11.1 Å². The fourth-order valence-corrected chi connectivity index (χ4v) is 2.72. The monoisotopic (exact) mass is 264 g/mol. The molecule has 1 aromatic carbocycles. The molecule has 0 aliphatic carbocycles. The van der Waals surface area contributed by atoms with E-state index in [1.54, 1.807) is 6.07 Å². The predicted octanol–water partition coefficient (Wildman–Crippen LogP) is 3.30.